The minimum Gasteiger partial charge on any atom is -0.469 e. The van der Waals surface area contributed by atoms with Crippen molar-refractivity contribution in [2.75, 3.05) is 7.11 Å². The summed E-state index contributed by atoms with van der Waals surface area (Å²) in [5.41, 5.74) is 1.27. The topological polar surface area (TPSA) is 43.4 Å². The summed E-state index contributed by atoms with van der Waals surface area (Å²) in [7, 11) is 1.44. The maximum Gasteiger partial charge on any atom is 0.311 e. The van der Waals surface area contributed by atoms with E-state index in [2.05, 4.69) is 13.0 Å². The van der Waals surface area contributed by atoms with Gasteiger partial charge in [-0.3, -0.25) is 9.59 Å². The monoisotopic (exact) mass is 286 g/mol. The molecule has 3 nitrogen and oxygen atoms in total. The number of methoxy groups -OCH3 is 1. The van der Waals surface area contributed by atoms with Crippen LogP contribution in [-0.4, -0.2) is 18.9 Å². The Morgan fingerprint density at radius 2 is 1.95 bits per heavy atom. The predicted molar refractivity (Wildman–Crippen MR) is 80.2 cm³/mol. The second-order valence-corrected chi connectivity index (χ2v) is 6.91. The molecule has 112 valence electrons. The highest BCUT2D eigenvalue weighted by Gasteiger charge is 2.57. The van der Waals surface area contributed by atoms with E-state index in [4.69, 9.17) is 4.74 Å². The number of ether oxygens (including phenoxy) is 1. The van der Waals surface area contributed by atoms with Gasteiger partial charge >= 0.3 is 5.97 Å². The van der Waals surface area contributed by atoms with Gasteiger partial charge in [0.15, 0.2) is 5.78 Å². The first kappa shape index (κ1) is 14.3. The van der Waals surface area contributed by atoms with E-state index < -0.39 is 5.41 Å². The number of benzene rings is 1. The molecule has 0 heterocycles. The van der Waals surface area contributed by atoms with Gasteiger partial charge in [0.25, 0.3) is 0 Å². The van der Waals surface area contributed by atoms with Crippen molar-refractivity contribution in [3.8, 4) is 0 Å². The highest BCUT2D eigenvalue weighted by Crippen LogP contribution is 2.57. The lowest BCUT2D eigenvalue weighted by Crippen LogP contribution is -2.53. The molecule has 0 radical (unpaired) electrons. The van der Waals surface area contributed by atoms with Crippen molar-refractivity contribution in [1.82, 2.24) is 0 Å². The van der Waals surface area contributed by atoms with Gasteiger partial charge in [-0.2, -0.15) is 0 Å². The molecule has 2 aliphatic rings. The second-order valence-electron chi connectivity index (χ2n) is 6.91. The van der Waals surface area contributed by atoms with Crippen molar-refractivity contribution < 1.29 is 14.3 Å². The molecule has 3 rings (SSSR count). The Bertz CT molecular complexity index is 606. The summed E-state index contributed by atoms with van der Waals surface area (Å²) in [4.78, 5) is 24.9. The Morgan fingerprint density at radius 3 is 2.67 bits per heavy atom. The number of rotatable bonds is 1. The van der Waals surface area contributed by atoms with E-state index in [1.54, 1.807) is 0 Å². The van der Waals surface area contributed by atoms with Crippen LogP contribution < -0.4 is 0 Å². The van der Waals surface area contributed by atoms with Gasteiger partial charge < -0.3 is 4.74 Å². The van der Waals surface area contributed by atoms with Gasteiger partial charge in [0.05, 0.1) is 12.5 Å². The Kier molecular flexibility index (Phi) is 3.19. The van der Waals surface area contributed by atoms with Crippen LogP contribution in [-0.2, 0) is 14.9 Å². The molecule has 0 bridgehead atoms. The third kappa shape index (κ3) is 1.86. The lowest BCUT2D eigenvalue weighted by Gasteiger charge is -2.53. The Hall–Kier alpha value is -1.64. The van der Waals surface area contributed by atoms with Gasteiger partial charge in [0.1, 0.15) is 0 Å². The van der Waals surface area contributed by atoms with Crippen LogP contribution in [0.3, 0.4) is 0 Å². The molecule has 1 fully saturated rings. The van der Waals surface area contributed by atoms with Gasteiger partial charge in [-0.05, 0) is 36.7 Å². The Labute approximate surface area is 125 Å². The molecule has 0 N–H and O–H groups in total. The van der Waals surface area contributed by atoms with Crippen LogP contribution in [0.2, 0.25) is 0 Å². The molecule has 1 saturated carbocycles. The van der Waals surface area contributed by atoms with Crippen molar-refractivity contribution in [2.45, 2.75) is 44.9 Å². The van der Waals surface area contributed by atoms with Gasteiger partial charge in [-0.15, -0.1) is 0 Å². The van der Waals surface area contributed by atoms with E-state index >= 15 is 0 Å². The summed E-state index contributed by atoms with van der Waals surface area (Å²) < 4.78 is 5.06. The molecule has 3 heteroatoms. The molecule has 0 aliphatic heterocycles. The van der Waals surface area contributed by atoms with Crippen molar-refractivity contribution in [3.63, 3.8) is 0 Å². The Balaban J connectivity index is 2.15. The van der Waals surface area contributed by atoms with E-state index in [1.807, 2.05) is 25.1 Å². The zero-order chi connectivity index (χ0) is 15.3. The molecule has 1 aromatic rings. The second kappa shape index (κ2) is 4.69. The van der Waals surface area contributed by atoms with E-state index in [-0.39, 0.29) is 23.1 Å². The van der Waals surface area contributed by atoms with Gasteiger partial charge in [0.2, 0.25) is 0 Å². The number of esters is 1. The van der Waals surface area contributed by atoms with Crippen LogP contribution >= 0.6 is 0 Å². The van der Waals surface area contributed by atoms with E-state index in [0.29, 0.717) is 6.42 Å². The lowest BCUT2D eigenvalue weighted by molar-refractivity contribution is -0.160. The van der Waals surface area contributed by atoms with Crippen molar-refractivity contribution in [3.05, 3.63) is 35.4 Å². The molecule has 2 aliphatic carbocycles. The summed E-state index contributed by atoms with van der Waals surface area (Å²) in [5, 5.41) is 0. The first-order valence-corrected chi connectivity index (χ1v) is 7.64. The maximum absolute atomic E-state index is 12.5. The van der Waals surface area contributed by atoms with Crippen LogP contribution in [0.4, 0.5) is 0 Å². The van der Waals surface area contributed by atoms with Crippen molar-refractivity contribution in [2.24, 2.45) is 11.3 Å². The van der Waals surface area contributed by atoms with Gasteiger partial charge in [-0.25, -0.2) is 0 Å². The standard InChI is InChI=1S/C18H22O3/c1-17-9-6-10-18(2,16(20)21-3)15(17)11-14(19)12-7-4-5-8-13(12)17/h4-5,7-8,15H,6,9-11H2,1-3H3/t15-,17+,18+/m0/s1. The van der Waals surface area contributed by atoms with Gasteiger partial charge in [-0.1, -0.05) is 37.6 Å². The fourth-order valence-electron chi connectivity index (χ4n) is 4.64. The van der Waals surface area contributed by atoms with Crippen LogP contribution in [0.1, 0.15) is 55.5 Å². The number of fused-ring (bicyclic) bond motifs is 3. The van der Waals surface area contributed by atoms with E-state index in [1.165, 1.54) is 7.11 Å². The van der Waals surface area contributed by atoms with Crippen LogP contribution in [0.5, 0.6) is 0 Å². The van der Waals surface area contributed by atoms with Crippen LogP contribution in [0, 0.1) is 11.3 Å². The summed E-state index contributed by atoms with van der Waals surface area (Å²) in [6, 6.07) is 7.89. The summed E-state index contributed by atoms with van der Waals surface area (Å²) in [5.74, 6) is 0.00399. The molecule has 0 spiro atoms. The quantitative estimate of drug-likeness (QED) is 0.742. The highest BCUT2D eigenvalue weighted by atomic mass is 16.5. The molecular formula is C18H22O3. The lowest BCUT2D eigenvalue weighted by atomic mass is 9.49. The van der Waals surface area contributed by atoms with Crippen LogP contribution in [0.15, 0.2) is 24.3 Å². The normalized spacial score (nSPS) is 34.8. The zero-order valence-electron chi connectivity index (χ0n) is 12.9. The minimum atomic E-state index is -0.565. The largest absolute Gasteiger partial charge is 0.469 e. The number of carbonyl (C=O) groups excluding carboxylic acids is 2. The minimum absolute atomic E-state index is 0.0219. The van der Waals surface area contributed by atoms with E-state index in [0.717, 1.165) is 30.4 Å². The molecule has 21 heavy (non-hydrogen) atoms. The smallest absolute Gasteiger partial charge is 0.311 e. The van der Waals surface area contributed by atoms with Crippen LogP contribution in [0.25, 0.3) is 0 Å². The van der Waals surface area contributed by atoms with E-state index in [9.17, 15) is 9.59 Å². The number of Topliss-reactive ketones (excluding diaryl/α,β-unsaturated/α-hetero) is 1. The summed E-state index contributed by atoms with van der Waals surface area (Å²) in [6.07, 6.45) is 3.25. The number of hydrogen-bond donors (Lipinski definition) is 0. The third-order valence-electron chi connectivity index (χ3n) is 5.81. The number of carbonyl (C=O) groups is 2. The fourth-order valence-corrected chi connectivity index (χ4v) is 4.64. The fraction of sp³-hybridized carbons (Fsp3) is 0.556. The summed E-state index contributed by atoms with van der Waals surface area (Å²) in [6.45, 7) is 4.19. The molecule has 0 unspecified atom stereocenters. The zero-order valence-corrected chi connectivity index (χ0v) is 12.9. The first-order valence-electron chi connectivity index (χ1n) is 7.64. The number of hydrogen-bond acceptors (Lipinski definition) is 3. The number of ketones is 1. The average molecular weight is 286 g/mol. The summed E-state index contributed by atoms with van der Waals surface area (Å²) >= 11 is 0. The molecule has 0 saturated heterocycles. The predicted octanol–water partition coefficient (Wildman–Crippen LogP) is 3.51. The maximum atomic E-state index is 12.5. The molecular weight excluding hydrogens is 264 g/mol. The SMILES string of the molecule is COC(=O)[C@]1(C)CCC[C@]2(C)c3ccccc3C(=O)C[C@H]12. The van der Waals surface area contributed by atoms with Gasteiger partial charge in [0, 0.05) is 12.0 Å². The molecule has 3 atom stereocenters. The first-order chi connectivity index (χ1) is 9.93. The molecule has 0 amide bonds. The molecule has 0 aromatic heterocycles. The van der Waals surface area contributed by atoms with Crippen molar-refractivity contribution >= 4 is 11.8 Å². The Morgan fingerprint density at radius 1 is 1.24 bits per heavy atom. The third-order valence-corrected chi connectivity index (χ3v) is 5.81. The highest BCUT2D eigenvalue weighted by molar-refractivity contribution is 6.00. The van der Waals surface area contributed by atoms with Crippen molar-refractivity contribution in [1.29, 1.82) is 0 Å². The average Bonchev–Trinajstić information content (AvgIpc) is 2.49. The molecule has 1 aromatic carbocycles.